The maximum Gasteiger partial charge on any atom is 0.337 e. The molecule has 0 unspecified atom stereocenters. The number of hydrogen-bond donors (Lipinski definition) is 2. The second kappa shape index (κ2) is 5.43. The number of ether oxygens (including phenoxy) is 2. The Bertz CT molecular complexity index is 415. The molecular formula is C12H17NO4. The van der Waals surface area contributed by atoms with E-state index < -0.39 is 5.97 Å². The molecule has 1 rings (SSSR count). The van der Waals surface area contributed by atoms with E-state index in [1.165, 1.54) is 19.2 Å². The number of nitrogens with two attached hydrogens (primary N) is 1. The Morgan fingerprint density at radius 2 is 2.06 bits per heavy atom. The predicted molar refractivity (Wildman–Crippen MR) is 64.7 cm³/mol. The summed E-state index contributed by atoms with van der Waals surface area (Å²) in [5.41, 5.74) is 5.78. The van der Waals surface area contributed by atoms with Crippen LogP contribution in [0.15, 0.2) is 12.1 Å². The molecule has 0 fully saturated rings. The Hall–Kier alpha value is -1.91. The first-order valence-corrected chi connectivity index (χ1v) is 5.29. The summed E-state index contributed by atoms with van der Waals surface area (Å²) >= 11 is 0. The molecule has 0 saturated carbocycles. The molecule has 17 heavy (non-hydrogen) atoms. The number of carboxylic acid groups (broad SMARTS) is 1. The van der Waals surface area contributed by atoms with Crippen LogP contribution in [0.3, 0.4) is 0 Å². The summed E-state index contributed by atoms with van der Waals surface area (Å²) in [5.74, 6) is 0.0889. The lowest BCUT2D eigenvalue weighted by molar-refractivity contribution is 0.0697. The van der Waals surface area contributed by atoms with Gasteiger partial charge < -0.3 is 20.3 Å². The zero-order valence-electron chi connectivity index (χ0n) is 10.2. The number of benzene rings is 1. The van der Waals surface area contributed by atoms with E-state index in [9.17, 15) is 4.79 Å². The van der Waals surface area contributed by atoms with E-state index in [-0.39, 0.29) is 11.3 Å². The van der Waals surface area contributed by atoms with E-state index in [1.807, 2.05) is 13.8 Å². The third-order valence-corrected chi connectivity index (χ3v) is 2.14. The Labute approximate surface area is 100 Å². The summed E-state index contributed by atoms with van der Waals surface area (Å²) < 4.78 is 10.6. The van der Waals surface area contributed by atoms with Crippen LogP contribution in [0.4, 0.5) is 5.69 Å². The molecule has 0 heterocycles. The second-order valence-electron chi connectivity index (χ2n) is 4.10. The molecule has 0 saturated heterocycles. The van der Waals surface area contributed by atoms with Crippen LogP contribution >= 0.6 is 0 Å². The van der Waals surface area contributed by atoms with Crippen LogP contribution in [-0.4, -0.2) is 24.8 Å². The van der Waals surface area contributed by atoms with Gasteiger partial charge in [-0.15, -0.1) is 0 Å². The molecule has 0 aliphatic heterocycles. The van der Waals surface area contributed by atoms with Gasteiger partial charge in [0.1, 0.15) is 0 Å². The van der Waals surface area contributed by atoms with Crippen molar-refractivity contribution in [3.05, 3.63) is 17.7 Å². The van der Waals surface area contributed by atoms with Crippen LogP contribution < -0.4 is 15.2 Å². The van der Waals surface area contributed by atoms with E-state index in [0.717, 1.165) is 0 Å². The van der Waals surface area contributed by atoms with E-state index in [0.29, 0.717) is 24.0 Å². The fourth-order valence-corrected chi connectivity index (χ4v) is 1.29. The van der Waals surface area contributed by atoms with Gasteiger partial charge in [-0.1, -0.05) is 13.8 Å². The van der Waals surface area contributed by atoms with Gasteiger partial charge in [-0.2, -0.15) is 0 Å². The quantitative estimate of drug-likeness (QED) is 0.768. The van der Waals surface area contributed by atoms with Crippen molar-refractivity contribution >= 4 is 11.7 Å². The van der Waals surface area contributed by atoms with Crippen molar-refractivity contribution in [1.29, 1.82) is 0 Å². The Balaban J connectivity index is 3.08. The van der Waals surface area contributed by atoms with Crippen molar-refractivity contribution in [2.24, 2.45) is 5.92 Å². The summed E-state index contributed by atoms with van der Waals surface area (Å²) in [7, 11) is 1.48. The minimum atomic E-state index is -1.08. The number of rotatable bonds is 5. The van der Waals surface area contributed by atoms with Crippen molar-refractivity contribution in [3.8, 4) is 11.5 Å². The zero-order valence-corrected chi connectivity index (χ0v) is 10.2. The van der Waals surface area contributed by atoms with Crippen LogP contribution in [0, 0.1) is 5.92 Å². The zero-order chi connectivity index (χ0) is 13.0. The van der Waals surface area contributed by atoms with Gasteiger partial charge in [0.25, 0.3) is 0 Å². The summed E-state index contributed by atoms with van der Waals surface area (Å²) in [6.07, 6.45) is 0. The van der Waals surface area contributed by atoms with Gasteiger partial charge in [-0.3, -0.25) is 0 Å². The van der Waals surface area contributed by atoms with Crippen molar-refractivity contribution < 1.29 is 19.4 Å². The Morgan fingerprint density at radius 1 is 1.41 bits per heavy atom. The van der Waals surface area contributed by atoms with Gasteiger partial charge >= 0.3 is 5.97 Å². The van der Waals surface area contributed by atoms with E-state index in [4.69, 9.17) is 20.3 Å². The number of methoxy groups -OCH3 is 1. The van der Waals surface area contributed by atoms with Gasteiger partial charge in [0.15, 0.2) is 11.5 Å². The first-order chi connectivity index (χ1) is 7.95. The molecule has 1 aromatic rings. The average Bonchev–Trinajstić information content (AvgIpc) is 2.26. The maximum absolute atomic E-state index is 10.9. The SMILES string of the molecule is COc1cc(N)c(C(=O)O)cc1OCC(C)C. The standard InChI is InChI=1S/C12H17NO4/c1-7(2)6-17-11-4-8(12(14)15)9(13)5-10(11)16-3/h4-5,7H,6,13H2,1-3H3,(H,14,15). The van der Waals surface area contributed by atoms with Crippen molar-refractivity contribution in [2.45, 2.75) is 13.8 Å². The molecule has 3 N–H and O–H groups in total. The van der Waals surface area contributed by atoms with E-state index in [2.05, 4.69) is 0 Å². The highest BCUT2D eigenvalue weighted by atomic mass is 16.5. The van der Waals surface area contributed by atoms with Crippen molar-refractivity contribution in [3.63, 3.8) is 0 Å². The summed E-state index contributed by atoms with van der Waals surface area (Å²) in [6, 6.07) is 2.85. The topological polar surface area (TPSA) is 81.8 Å². The molecular weight excluding hydrogens is 222 g/mol. The van der Waals surface area contributed by atoms with Crippen LogP contribution in [0.1, 0.15) is 24.2 Å². The number of carbonyl (C=O) groups is 1. The minimum Gasteiger partial charge on any atom is -0.493 e. The normalized spacial score (nSPS) is 10.4. The smallest absolute Gasteiger partial charge is 0.337 e. The number of anilines is 1. The maximum atomic E-state index is 10.9. The molecule has 5 heteroatoms. The molecule has 0 amide bonds. The van der Waals surface area contributed by atoms with Gasteiger partial charge in [0.2, 0.25) is 0 Å². The number of carboxylic acids is 1. The molecule has 0 aliphatic carbocycles. The number of nitrogen functional groups attached to an aromatic ring is 1. The number of hydrogen-bond acceptors (Lipinski definition) is 4. The predicted octanol–water partition coefficient (Wildman–Crippen LogP) is 2.01. The minimum absolute atomic E-state index is 0.0181. The Morgan fingerprint density at radius 3 is 2.53 bits per heavy atom. The molecule has 94 valence electrons. The van der Waals surface area contributed by atoms with Crippen LogP contribution in [0.5, 0.6) is 11.5 Å². The first-order valence-electron chi connectivity index (χ1n) is 5.29. The van der Waals surface area contributed by atoms with Gasteiger partial charge in [0, 0.05) is 12.1 Å². The fourth-order valence-electron chi connectivity index (χ4n) is 1.29. The average molecular weight is 239 g/mol. The summed E-state index contributed by atoms with van der Waals surface area (Å²) in [5, 5.41) is 8.95. The molecule has 0 bridgehead atoms. The summed E-state index contributed by atoms with van der Waals surface area (Å²) in [6.45, 7) is 4.49. The molecule has 0 aromatic heterocycles. The molecule has 0 atom stereocenters. The molecule has 5 nitrogen and oxygen atoms in total. The molecule has 0 spiro atoms. The van der Waals surface area contributed by atoms with Crippen LogP contribution in [0.25, 0.3) is 0 Å². The lowest BCUT2D eigenvalue weighted by Gasteiger charge is -2.14. The highest BCUT2D eigenvalue weighted by molar-refractivity contribution is 5.94. The Kier molecular flexibility index (Phi) is 4.20. The molecule has 0 aliphatic rings. The highest BCUT2D eigenvalue weighted by Gasteiger charge is 2.14. The second-order valence-corrected chi connectivity index (χ2v) is 4.10. The molecule has 1 aromatic carbocycles. The van der Waals surface area contributed by atoms with E-state index >= 15 is 0 Å². The van der Waals surface area contributed by atoms with Gasteiger partial charge in [0.05, 0.1) is 25.0 Å². The lowest BCUT2D eigenvalue weighted by Crippen LogP contribution is -2.08. The van der Waals surface area contributed by atoms with Crippen LogP contribution in [0.2, 0.25) is 0 Å². The lowest BCUT2D eigenvalue weighted by atomic mass is 10.1. The van der Waals surface area contributed by atoms with Gasteiger partial charge in [-0.25, -0.2) is 4.79 Å². The largest absolute Gasteiger partial charge is 0.493 e. The summed E-state index contributed by atoms with van der Waals surface area (Å²) in [4.78, 5) is 10.9. The van der Waals surface area contributed by atoms with Gasteiger partial charge in [-0.05, 0) is 5.92 Å². The fraction of sp³-hybridized carbons (Fsp3) is 0.417. The molecule has 0 radical (unpaired) electrons. The third-order valence-electron chi connectivity index (χ3n) is 2.14. The first kappa shape index (κ1) is 13.2. The van der Waals surface area contributed by atoms with Crippen molar-refractivity contribution in [1.82, 2.24) is 0 Å². The van der Waals surface area contributed by atoms with Crippen molar-refractivity contribution in [2.75, 3.05) is 19.5 Å². The third kappa shape index (κ3) is 3.27. The number of aromatic carboxylic acids is 1. The highest BCUT2D eigenvalue weighted by Crippen LogP contribution is 2.32. The monoisotopic (exact) mass is 239 g/mol. The van der Waals surface area contributed by atoms with E-state index in [1.54, 1.807) is 0 Å². The van der Waals surface area contributed by atoms with Crippen LogP contribution in [-0.2, 0) is 0 Å².